The highest BCUT2D eigenvalue weighted by atomic mass is 15.4. The third-order valence-electron chi connectivity index (χ3n) is 4.60. The molecule has 4 rings (SSSR count). The second-order valence-corrected chi connectivity index (χ2v) is 6.53. The molecule has 2 aromatic carbocycles. The summed E-state index contributed by atoms with van der Waals surface area (Å²) in [7, 11) is 0. The van der Waals surface area contributed by atoms with Gasteiger partial charge in [-0.3, -0.25) is 0 Å². The van der Waals surface area contributed by atoms with Gasteiger partial charge in [0.15, 0.2) is 0 Å². The number of hydrogen-bond donors (Lipinski definition) is 1. The highest BCUT2D eigenvalue weighted by Gasteiger charge is 2.19. The first-order chi connectivity index (χ1) is 14.3. The molecule has 1 atom stereocenters. The molecule has 4 aromatic rings. The second-order valence-electron chi connectivity index (χ2n) is 6.53. The summed E-state index contributed by atoms with van der Waals surface area (Å²) in [6, 6.07) is 18.2. The van der Waals surface area contributed by atoms with Gasteiger partial charge in [0.1, 0.15) is 5.82 Å². The molecule has 0 fully saturated rings. The highest BCUT2D eigenvalue weighted by Crippen LogP contribution is 2.26. The van der Waals surface area contributed by atoms with E-state index < -0.39 is 0 Å². The zero-order chi connectivity index (χ0) is 20.1. The minimum absolute atomic E-state index is 0.0529. The van der Waals surface area contributed by atoms with Crippen molar-refractivity contribution in [1.29, 1.82) is 0 Å². The lowest BCUT2D eigenvalue weighted by atomic mass is 9.98. The van der Waals surface area contributed by atoms with Crippen LogP contribution >= 0.6 is 0 Å². The Morgan fingerprint density at radius 2 is 1.83 bits per heavy atom. The molecule has 2 aromatic heterocycles. The number of aromatic nitrogens is 5. The number of allylic oxidation sites excluding steroid dienone is 2. The van der Waals surface area contributed by atoms with Crippen LogP contribution in [0.4, 0.5) is 11.6 Å². The van der Waals surface area contributed by atoms with E-state index >= 15 is 0 Å². The summed E-state index contributed by atoms with van der Waals surface area (Å²) in [5.41, 5.74) is 3.07. The molecule has 0 amide bonds. The van der Waals surface area contributed by atoms with Crippen molar-refractivity contribution in [2.75, 3.05) is 5.32 Å². The first-order valence-corrected chi connectivity index (χ1v) is 9.37. The Labute approximate surface area is 169 Å². The monoisotopic (exact) mass is 382 g/mol. The largest absolute Gasteiger partial charge is 0.323 e. The van der Waals surface area contributed by atoms with E-state index in [9.17, 15) is 0 Å². The summed E-state index contributed by atoms with van der Waals surface area (Å²) < 4.78 is 3.81. The quantitative estimate of drug-likeness (QED) is 0.448. The van der Waals surface area contributed by atoms with Crippen LogP contribution in [0.2, 0.25) is 0 Å². The number of rotatable bonds is 8. The summed E-state index contributed by atoms with van der Waals surface area (Å²) in [5.74, 6) is 1.31. The fourth-order valence-corrected chi connectivity index (χ4v) is 3.20. The first kappa shape index (κ1) is 18.4. The van der Waals surface area contributed by atoms with Crippen LogP contribution in [-0.2, 0) is 6.54 Å². The van der Waals surface area contributed by atoms with Gasteiger partial charge < -0.3 is 9.88 Å². The van der Waals surface area contributed by atoms with Crippen molar-refractivity contribution in [2.45, 2.75) is 12.5 Å². The maximum atomic E-state index is 4.75. The molecular weight excluding hydrogens is 360 g/mol. The maximum absolute atomic E-state index is 4.75. The van der Waals surface area contributed by atoms with Crippen molar-refractivity contribution in [3.8, 4) is 5.69 Å². The van der Waals surface area contributed by atoms with E-state index in [0.29, 0.717) is 12.5 Å². The van der Waals surface area contributed by atoms with Gasteiger partial charge in [-0.15, -0.1) is 18.3 Å². The molecule has 29 heavy (non-hydrogen) atoms. The number of nitrogens with zero attached hydrogens (tertiary/aromatic N) is 5. The Kier molecular flexibility index (Phi) is 5.33. The van der Waals surface area contributed by atoms with Crippen LogP contribution in [0.5, 0.6) is 0 Å². The molecule has 0 aliphatic carbocycles. The van der Waals surface area contributed by atoms with Gasteiger partial charge in [-0.2, -0.15) is 4.98 Å². The lowest BCUT2D eigenvalue weighted by molar-refractivity contribution is 0.646. The first-order valence-electron chi connectivity index (χ1n) is 9.37. The molecule has 2 heterocycles. The van der Waals surface area contributed by atoms with E-state index in [2.05, 4.69) is 40.7 Å². The predicted molar refractivity (Wildman–Crippen MR) is 116 cm³/mol. The standard InChI is InChI=1S/C23H22N6/c1-3-15-29-22(21(4-2)18-8-6-5-7-9-18)26-23(27-29)25-19-10-12-20(13-11-19)28-16-14-24-17-28/h3-14,16-17,21H,1-2,15H2,(H,25,27). The molecule has 1 N–H and O–H groups in total. The fourth-order valence-electron chi connectivity index (χ4n) is 3.20. The topological polar surface area (TPSA) is 60.6 Å². The van der Waals surface area contributed by atoms with Gasteiger partial charge in [0.05, 0.1) is 18.8 Å². The normalized spacial score (nSPS) is 11.7. The van der Waals surface area contributed by atoms with E-state index in [1.54, 1.807) is 12.5 Å². The van der Waals surface area contributed by atoms with Gasteiger partial charge in [-0.25, -0.2) is 9.67 Å². The number of nitrogens with one attached hydrogen (secondary N) is 1. The lowest BCUT2D eigenvalue weighted by Gasteiger charge is -2.12. The highest BCUT2D eigenvalue weighted by molar-refractivity contribution is 5.55. The van der Waals surface area contributed by atoms with Crippen LogP contribution in [0.1, 0.15) is 17.3 Å². The molecule has 0 aliphatic heterocycles. The average molecular weight is 382 g/mol. The SMILES string of the molecule is C=CCn1nc(Nc2ccc(-n3ccnc3)cc2)nc1C(C=C)c1ccccc1. The smallest absolute Gasteiger partial charge is 0.246 e. The zero-order valence-electron chi connectivity index (χ0n) is 16.0. The molecule has 0 radical (unpaired) electrons. The summed E-state index contributed by atoms with van der Waals surface area (Å²) in [5, 5.41) is 7.91. The minimum Gasteiger partial charge on any atom is -0.323 e. The van der Waals surface area contributed by atoms with Crippen LogP contribution in [0.15, 0.2) is 98.6 Å². The van der Waals surface area contributed by atoms with Crippen molar-refractivity contribution in [3.05, 3.63) is 110 Å². The maximum Gasteiger partial charge on any atom is 0.246 e. The van der Waals surface area contributed by atoms with Crippen molar-refractivity contribution in [1.82, 2.24) is 24.3 Å². The van der Waals surface area contributed by atoms with Gasteiger partial charge in [-0.1, -0.05) is 42.5 Å². The van der Waals surface area contributed by atoms with E-state index in [1.807, 2.05) is 70.1 Å². The van der Waals surface area contributed by atoms with Crippen molar-refractivity contribution in [3.63, 3.8) is 0 Å². The molecule has 0 saturated carbocycles. The molecule has 6 heteroatoms. The van der Waals surface area contributed by atoms with Crippen LogP contribution in [-0.4, -0.2) is 24.3 Å². The van der Waals surface area contributed by atoms with Gasteiger partial charge in [0.2, 0.25) is 5.95 Å². The van der Waals surface area contributed by atoms with Crippen LogP contribution < -0.4 is 5.32 Å². The number of hydrogen-bond acceptors (Lipinski definition) is 4. The Hall–Kier alpha value is -3.93. The number of benzene rings is 2. The molecular formula is C23H22N6. The molecule has 1 unspecified atom stereocenters. The second kappa shape index (κ2) is 8.39. The van der Waals surface area contributed by atoms with Crippen LogP contribution in [0.3, 0.4) is 0 Å². The minimum atomic E-state index is -0.0529. The fraction of sp³-hybridized carbons (Fsp3) is 0.0870. The van der Waals surface area contributed by atoms with Gasteiger partial charge in [0, 0.05) is 23.8 Å². The Morgan fingerprint density at radius 3 is 2.48 bits per heavy atom. The summed E-state index contributed by atoms with van der Waals surface area (Å²) in [6.45, 7) is 8.42. The van der Waals surface area contributed by atoms with E-state index in [-0.39, 0.29) is 5.92 Å². The molecule has 6 nitrogen and oxygen atoms in total. The number of imidazole rings is 1. The van der Waals surface area contributed by atoms with Crippen molar-refractivity contribution < 1.29 is 0 Å². The van der Waals surface area contributed by atoms with Crippen LogP contribution in [0.25, 0.3) is 5.69 Å². The molecule has 0 aliphatic rings. The van der Waals surface area contributed by atoms with Gasteiger partial charge >= 0.3 is 0 Å². The van der Waals surface area contributed by atoms with E-state index in [1.165, 1.54) is 0 Å². The third kappa shape index (κ3) is 4.01. The van der Waals surface area contributed by atoms with Crippen molar-refractivity contribution in [2.24, 2.45) is 0 Å². The zero-order valence-corrected chi connectivity index (χ0v) is 16.0. The third-order valence-corrected chi connectivity index (χ3v) is 4.60. The summed E-state index contributed by atoms with van der Waals surface area (Å²) in [4.78, 5) is 8.83. The lowest BCUT2D eigenvalue weighted by Crippen LogP contribution is -2.09. The Morgan fingerprint density at radius 1 is 1.03 bits per heavy atom. The molecule has 0 bridgehead atoms. The molecule has 0 spiro atoms. The van der Waals surface area contributed by atoms with Crippen LogP contribution in [0, 0.1) is 0 Å². The Balaban J connectivity index is 1.60. The van der Waals surface area contributed by atoms with E-state index in [0.717, 1.165) is 22.8 Å². The van der Waals surface area contributed by atoms with Gasteiger partial charge in [-0.05, 0) is 29.8 Å². The average Bonchev–Trinajstić information content (AvgIpc) is 3.41. The molecule has 144 valence electrons. The summed E-state index contributed by atoms with van der Waals surface area (Å²) >= 11 is 0. The molecule has 0 saturated heterocycles. The predicted octanol–water partition coefficient (Wildman–Crippen LogP) is 4.71. The van der Waals surface area contributed by atoms with Gasteiger partial charge in [0.25, 0.3) is 0 Å². The van der Waals surface area contributed by atoms with Crippen molar-refractivity contribution >= 4 is 11.6 Å². The summed E-state index contributed by atoms with van der Waals surface area (Å²) in [6.07, 6.45) is 9.14. The van der Waals surface area contributed by atoms with E-state index in [4.69, 9.17) is 4.98 Å². The number of anilines is 2. The Bertz CT molecular complexity index is 1080.